The lowest BCUT2D eigenvalue weighted by atomic mass is 9.52. The van der Waals surface area contributed by atoms with Gasteiger partial charge in [-0.15, -0.1) is 0 Å². The molecule has 3 unspecified atom stereocenters. The normalized spacial score (nSPS) is 34.7. The minimum absolute atomic E-state index is 0.101. The third-order valence-electron chi connectivity index (χ3n) is 6.59. The molecule has 128 valence electrons. The van der Waals surface area contributed by atoms with Crippen LogP contribution in [0.1, 0.15) is 49.7 Å². The van der Waals surface area contributed by atoms with Crippen molar-refractivity contribution in [2.75, 3.05) is 7.11 Å². The van der Waals surface area contributed by atoms with Gasteiger partial charge in [0, 0.05) is 6.42 Å². The van der Waals surface area contributed by atoms with Crippen molar-refractivity contribution >= 4 is 11.8 Å². The van der Waals surface area contributed by atoms with Crippen LogP contribution in [-0.2, 0) is 16.0 Å². The lowest BCUT2D eigenvalue weighted by Crippen LogP contribution is -2.57. The molecule has 0 radical (unpaired) electrons. The summed E-state index contributed by atoms with van der Waals surface area (Å²) in [5.74, 6) is 1.21. The number of amides is 2. The molecule has 2 fully saturated rings. The molecular weight excluding hydrogens is 306 g/mol. The summed E-state index contributed by atoms with van der Waals surface area (Å²) in [7, 11) is 1.56. The van der Waals surface area contributed by atoms with E-state index in [1.54, 1.807) is 7.11 Å². The molecular formula is C19H23NO4. The molecule has 2 N–H and O–H groups in total. The van der Waals surface area contributed by atoms with Crippen LogP contribution in [0.3, 0.4) is 0 Å². The van der Waals surface area contributed by atoms with Gasteiger partial charge < -0.3 is 9.84 Å². The van der Waals surface area contributed by atoms with E-state index in [-0.39, 0.29) is 23.5 Å². The van der Waals surface area contributed by atoms with Crippen molar-refractivity contribution in [1.29, 1.82) is 0 Å². The molecule has 2 amide bonds. The number of nitrogens with one attached hydrogen (secondary N) is 1. The second kappa shape index (κ2) is 5.23. The summed E-state index contributed by atoms with van der Waals surface area (Å²) < 4.78 is 5.28. The third kappa shape index (κ3) is 2.06. The Morgan fingerprint density at radius 2 is 2.08 bits per heavy atom. The Morgan fingerprint density at radius 3 is 2.83 bits per heavy atom. The first-order chi connectivity index (χ1) is 11.4. The number of carbonyl (C=O) groups is 2. The molecule has 1 aromatic carbocycles. The van der Waals surface area contributed by atoms with Gasteiger partial charge in [0.25, 0.3) is 0 Å². The molecule has 5 heteroatoms. The van der Waals surface area contributed by atoms with Gasteiger partial charge in [-0.3, -0.25) is 14.9 Å². The van der Waals surface area contributed by atoms with Crippen LogP contribution >= 0.6 is 0 Å². The number of hydrogen-bond acceptors (Lipinski definition) is 4. The summed E-state index contributed by atoms with van der Waals surface area (Å²) >= 11 is 0. The van der Waals surface area contributed by atoms with Crippen LogP contribution in [0.15, 0.2) is 12.1 Å². The molecule has 1 saturated carbocycles. The summed E-state index contributed by atoms with van der Waals surface area (Å²) in [4.78, 5) is 24.4. The van der Waals surface area contributed by atoms with Crippen molar-refractivity contribution in [3.8, 4) is 11.5 Å². The van der Waals surface area contributed by atoms with Crippen molar-refractivity contribution in [2.24, 2.45) is 17.3 Å². The zero-order chi connectivity index (χ0) is 17.1. The second-order valence-electron chi connectivity index (χ2n) is 7.68. The Morgan fingerprint density at radius 1 is 1.29 bits per heavy atom. The van der Waals surface area contributed by atoms with Crippen LogP contribution in [0.2, 0.25) is 0 Å². The van der Waals surface area contributed by atoms with Crippen LogP contribution < -0.4 is 10.1 Å². The summed E-state index contributed by atoms with van der Waals surface area (Å²) in [6, 6.07) is 3.77. The molecule has 5 nitrogen and oxygen atoms in total. The van der Waals surface area contributed by atoms with Crippen LogP contribution in [-0.4, -0.2) is 24.0 Å². The maximum atomic E-state index is 12.4. The van der Waals surface area contributed by atoms with Gasteiger partial charge in [0.2, 0.25) is 11.8 Å². The first kappa shape index (κ1) is 15.5. The predicted octanol–water partition coefficient (Wildman–Crippen LogP) is 2.51. The Labute approximate surface area is 141 Å². The van der Waals surface area contributed by atoms with E-state index in [4.69, 9.17) is 4.74 Å². The van der Waals surface area contributed by atoms with Gasteiger partial charge in [0.05, 0.1) is 12.5 Å². The first-order valence-electron chi connectivity index (χ1n) is 8.68. The molecule has 2 aliphatic carbocycles. The molecule has 24 heavy (non-hydrogen) atoms. The zero-order valence-electron chi connectivity index (χ0n) is 14.1. The monoisotopic (exact) mass is 329 g/mol. The van der Waals surface area contributed by atoms with Gasteiger partial charge in [-0.2, -0.15) is 0 Å². The van der Waals surface area contributed by atoms with Crippen molar-refractivity contribution in [3.63, 3.8) is 0 Å². The lowest BCUT2D eigenvalue weighted by Gasteiger charge is -2.52. The fraction of sp³-hybridized carbons (Fsp3) is 0.579. The standard InChI is InChI=1S/C19H23NO4/c1-19-6-5-11-12(14(19)9-17(22)20-18(19)23)4-3-10-7-15(21)16(24-2)8-13(10)11/h7-8,11-12,14,21H,3-6,9H2,1-2H3,(H,20,22,23)/t11?,12?,14?,19-/m0/s1. The van der Waals surface area contributed by atoms with E-state index in [1.807, 2.05) is 19.1 Å². The number of hydrogen-bond donors (Lipinski definition) is 2. The van der Waals surface area contributed by atoms with Crippen molar-refractivity contribution in [2.45, 2.75) is 44.9 Å². The van der Waals surface area contributed by atoms with E-state index in [1.165, 1.54) is 11.1 Å². The van der Waals surface area contributed by atoms with Gasteiger partial charge >= 0.3 is 0 Å². The quantitative estimate of drug-likeness (QED) is 0.776. The Kier molecular flexibility index (Phi) is 3.37. The van der Waals surface area contributed by atoms with Gasteiger partial charge in [0.15, 0.2) is 11.5 Å². The maximum absolute atomic E-state index is 12.4. The number of phenolic OH excluding ortho intramolecular Hbond substituents is 1. The molecule has 0 spiro atoms. The minimum Gasteiger partial charge on any atom is -0.504 e. The van der Waals surface area contributed by atoms with E-state index in [0.717, 1.165) is 25.7 Å². The maximum Gasteiger partial charge on any atom is 0.232 e. The number of phenols is 1. The summed E-state index contributed by atoms with van der Waals surface area (Å²) in [6.07, 6.45) is 4.00. The highest BCUT2D eigenvalue weighted by molar-refractivity contribution is 6.01. The van der Waals surface area contributed by atoms with Crippen molar-refractivity contribution in [3.05, 3.63) is 23.3 Å². The lowest BCUT2D eigenvalue weighted by molar-refractivity contribution is -0.151. The van der Waals surface area contributed by atoms with Crippen LogP contribution in [0.25, 0.3) is 0 Å². The van der Waals surface area contributed by atoms with E-state index in [0.29, 0.717) is 24.0 Å². The van der Waals surface area contributed by atoms with Crippen LogP contribution in [0.4, 0.5) is 0 Å². The molecule has 4 atom stereocenters. The number of benzene rings is 1. The van der Waals surface area contributed by atoms with Crippen molar-refractivity contribution < 1.29 is 19.4 Å². The minimum atomic E-state index is -0.437. The number of piperidine rings is 1. The number of aryl methyl sites for hydroxylation is 1. The number of ether oxygens (including phenoxy) is 1. The predicted molar refractivity (Wildman–Crippen MR) is 87.8 cm³/mol. The zero-order valence-corrected chi connectivity index (χ0v) is 14.1. The molecule has 0 bridgehead atoms. The Bertz CT molecular complexity index is 728. The summed E-state index contributed by atoms with van der Waals surface area (Å²) in [5, 5.41) is 12.6. The van der Waals surface area contributed by atoms with Gasteiger partial charge in [-0.25, -0.2) is 0 Å². The van der Waals surface area contributed by atoms with Crippen molar-refractivity contribution in [1.82, 2.24) is 5.32 Å². The fourth-order valence-corrected chi connectivity index (χ4v) is 5.25. The smallest absolute Gasteiger partial charge is 0.232 e. The molecule has 0 aromatic heterocycles. The van der Waals surface area contributed by atoms with Gasteiger partial charge in [-0.1, -0.05) is 6.92 Å². The van der Waals surface area contributed by atoms with Gasteiger partial charge in [0.1, 0.15) is 0 Å². The second-order valence-corrected chi connectivity index (χ2v) is 7.68. The largest absolute Gasteiger partial charge is 0.504 e. The van der Waals surface area contributed by atoms with Crippen LogP contribution in [0, 0.1) is 17.3 Å². The molecule has 1 saturated heterocycles. The van der Waals surface area contributed by atoms with Gasteiger partial charge in [-0.05, 0) is 66.7 Å². The molecule has 3 aliphatic rings. The Balaban J connectivity index is 1.74. The highest BCUT2D eigenvalue weighted by Gasteiger charge is 2.54. The number of fused-ring (bicyclic) bond motifs is 5. The van der Waals surface area contributed by atoms with E-state index < -0.39 is 5.41 Å². The number of methoxy groups -OCH3 is 1. The number of imide groups is 1. The first-order valence-corrected chi connectivity index (χ1v) is 8.68. The summed E-state index contributed by atoms with van der Waals surface area (Å²) in [6.45, 7) is 2.02. The fourth-order valence-electron chi connectivity index (χ4n) is 5.25. The highest BCUT2D eigenvalue weighted by Crippen LogP contribution is 2.57. The Hall–Kier alpha value is -2.04. The summed E-state index contributed by atoms with van der Waals surface area (Å²) in [5.41, 5.74) is 1.96. The molecule has 4 rings (SSSR count). The SMILES string of the molecule is COc1cc2c(cc1O)CCC1C2CC[C@]2(C)C(=O)NC(=O)CC12. The topological polar surface area (TPSA) is 75.6 Å². The number of aromatic hydroxyl groups is 1. The average molecular weight is 329 g/mol. The average Bonchev–Trinajstić information content (AvgIpc) is 2.55. The molecule has 1 aromatic rings. The molecule has 1 aliphatic heterocycles. The number of rotatable bonds is 1. The third-order valence-corrected chi connectivity index (χ3v) is 6.59. The molecule has 1 heterocycles. The van der Waals surface area contributed by atoms with E-state index in [2.05, 4.69) is 5.32 Å². The highest BCUT2D eigenvalue weighted by atomic mass is 16.5. The van der Waals surface area contributed by atoms with Crippen LogP contribution in [0.5, 0.6) is 11.5 Å². The number of carbonyl (C=O) groups excluding carboxylic acids is 2. The van der Waals surface area contributed by atoms with E-state index >= 15 is 0 Å². The van der Waals surface area contributed by atoms with E-state index in [9.17, 15) is 14.7 Å².